The number of hydrogen-bond acceptors (Lipinski definition) is 7. The number of rotatable bonds is 28. The van der Waals surface area contributed by atoms with E-state index in [0.29, 0.717) is 19.4 Å². The molecule has 0 spiro atoms. The highest BCUT2D eigenvalue weighted by Crippen LogP contribution is 2.13. The summed E-state index contributed by atoms with van der Waals surface area (Å²) in [5, 5.41) is 12.3. The van der Waals surface area contributed by atoms with Crippen molar-refractivity contribution in [2.24, 2.45) is 0 Å². The van der Waals surface area contributed by atoms with E-state index in [1.807, 2.05) is 30.3 Å². The molecule has 1 atom stereocenters. The third kappa shape index (κ3) is 24.5. The number of benzene rings is 1. The Morgan fingerprint density at radius 1 is 0.674 bits per heavy atom. The number of alkyl carbamates (subject to hydrolysis) is 1. The summed E-state index contributed by atoms with van der Waals surface area (Å²) in [5.41, 5.74) is 0.975. The van der Waals surface area contributed by atoms with Crippen LogP contribution in [0.3, 0.4) is 0 Å². The summed E-state index contributed by atoms with van der Waals surface area (Å²) >= 11 is 0. The van der Waals surface area contributed by atoms with Crippen LogP contribution in [0.15, 0.2) is 30.3 Å². The van der Waals surface area contributed by atoms with Crippen molar-refractivity contribution in [1.82, 2.24) is 5.32 Å². The zero-order valence-electron chi connectivity index (χ0n) is 26.8. The summed E-state index contributed by atoms with van der Waals surface area (Å²) in [6.07, 6.45) is 19.6. The Morgan fingerprint density at radius 2 is 1.19 bits per heavy atom. The van der Waals surface area contributed by atoms with Gasteiger partial charge < -0.3 is 24.6 Å². The van der Waals surface area contributed by atoms with Gasteiger partial charge in [-0.15, -0.1) is 0 Å². The van der Waals surface area contributed by atoms with E-state index >= 15 is 0 Å². The minimum Gasteiger partial charge on any atom is -0.462 e. The Hall–Kier alpha value is -2.61. The van der Waals surface area contributed by atoms with Gasteiger partial charge in [0.1, 0.15) is 13.2 Å². The van der Waals surface area contributed by atoms with Crippen molar-refractivity contribution in [3.8, 4) is 0 Å². The van der Waals surface area contributed by atoms with Gasteiger partial charge in [0.05, 0.1) is 6.61 Å². The van der Waals surface area contributed by atoms with Gasteiger partial charge in [-0.2, -0.15) is 0 Å². The SMILES string of the molecule is CCCCCCCCCCCC(=O)O[C@@H](CO)COC(=O)CCCCCCCCCCCNC(=O)OCc1ccccc1. The lowest BCUT2D eigenvalue weighted by molar-refractivity contribution is -0.161. The van der Waals surface area contributed by atoms with E-state index in [1.54, 1.807) is 0 Å². The number of nitrogens with one attached hydrogen (secondary N) is 1. The predicted octanol–water partition coefficient (Wildman–Crippen LogP) is 8.18. The topological polar surface area (TPSA) is 111 Å². The number of unbranched alkanes of at least 4 members (excludes halogenated alkanes) is 16. The molecule has 0 radical (unpaired) electrons. The van der Waals surface area contributed by atoms with Crippen molar-refractivity contribution in [2.45, 2.75) is 148 Å². The molecule has 0 aliphatic rings. The van der Waals surface area contributed by atoms with E-state index in [1.165, 1.54) is 51.4 Å². The average Bonchev–Trinajstić information content (AvgIpc) is 3.02. The lowest BCUT2D eigenvalue weighted by atomic mass is 10.1. The number of aliphatic hydroxyl groups excluding tert-OH is 1. The molecule has 0 aromatic heterocycles. The van der Waals surface area contributed by atoms with Gasteiger partial charge in [0.15, 0.2) is 6.10 Å². The van der Waals surface area contributed by atoms with Crippen LogP contribution in [-0.2, 0) is 30.4 Å². The largest absolute Gasteiger partial charge is 0.462 e. The summed E-state index contributed by atoms with van der Waals surface area (Å²) in [5.74, 6) is -0.653. The van der Waals surface area contributed by atoms with Crippen LogP contribution in [0.5, 0.6) is 0 Å². The molecule has 43 heavy (non-hydrogen) atoms. The molecule has 1 rings (SSSR count). The number of carbonyl (C=O) groups is 3. The van der Waals surface area contributed by atoms with Crippen molar-refractivity contribution in [3.05, 3.63) is 35.9 Å². The van der Waals surface area contributed by atoms with Crippen molar-refractivity contribution in [3.63, 3.8) is 0 Å². The van der Waals surface area contributed by atoms with E-state index in [9.17, 15) is 19.5 Å². The molecule has 0 fully saturated rings. The summed E-state index contributed by atoms with van der Waals surface area (Å²) in [6.45, 7) is 2.69. The van der Waals surface area contributed by atoms with Crippen molar-refractivity contribution < 1.29 is 33.7 Å². The lowest BCUT2D eigenvalue weighted by Crippen LogP contribution is -2.28. The normalized spacial score (nSPS) is 11.6. The molecule has 0 saturated heterocycles. The first-order valence-electron chi connectivity index (χ1n) is 17.0. The molecule has 0 aliphatic carbocycles. The Bertz CT molecular complexity index is 818. The molecule has 1 aromatic rings. The van der Waals surface area contributed by atoms with Gasteiger partial charge in [0.25, 0.3) is 0 Å². The van der Waals surface area contributed by atoms with E-state index in [0.717, 1.165) is 69.8 Å². The van der Waals surface area contributed by atoms with Crippen LogP contribution in [-0.4, -0.2) is 49.0 Å². The Balaban J connectivity index is 1.88. The molecule has 2 N–H and O–H groups in total. The fraction of sp³-hybridized carbons (Fsp3) is 0.743. The molecule has 1 aromatic carbocycles. The van der Waals surface area contributed by atoms with E-state index in [2.05, 4.69) is 12.2 Å². The first-order valence-corrected chi connectivity index (χ1v) is 17.0. The molecule has 0 unspecified atom stereocenters. The highest BCUT2D eigenvalue weighted by atomic mass is 16.6. The summed E-state index contributed by atoms with van der Waals surface area (Å²) in [4.78, 5) is 35.8. The van der Waals surface area contributed by atoms with Crippen LogP contribution in [0.2, 0.25) is 0 Å². The zero-order chi connectivity index (χ0) is 31.2. The van der Waals surface area contributed by atoms with Gasteiger partial charge in [0.2, 0.25) is 0 Å². The first-order chi connectivity index (χ1) is 21.0. The molecule has 8 heteroatoms. The molecule has 0 saturated carbocycles. The van der Waals surface area contributed by atoms with Crippen LogP contribution in [0.25, 0.3) is 0 Å². The maximum atomic E-state index is 12.0. The van der Waals surface area contributed by atoms with Crippen LogP contribution in [0.1, 0.15) is 141 Å². The Kier molecular flexibility index (Phi) is 25.2. The van der Waals surface area contributed by atoms with Crippen molar-refractivity contribution in [1.29, 1.82) is 0 Å². The zero-order valence-corrected chi connectivity index (χ0v) is 26.8. The molecule has 0 bridgehead atoms. The first kappa shape index (κ1) is 38.4. The van der Waals surface area contributed by atoms with Crippen molar-refractivity contribution >= 4 is 18.0 Å². The second-order valence-corrected chi connectivity index (χ2v) is 11.5. The monoisotopic (exact) mass is 605 g/mol. The van der Waals surface area contributed by atoms with Crippen LogP contribution in [0, 0.1) is 0 Å². The Labute approximate surface area is 260 Å². The third-order valence-corrected chi connectivity index (χ3v) is 7.46. The van der Waals surface area contributed by atoms with E-state index in [-0.39, 0.29) is 37.9 Å². The van der Waals surface area contributed by atoms with Gasteiger partial charge in [-0.05, 0) is 24.8 Å². The number of aliphatic hydroxyl groups is 1. The van der Waals surface area contributed by atoms with Gasteiger partial charge >= 0.3 is 18.0 Å². The van der Waals surface area contributed by atoms with Gasteiger partial charge in [-0.1, -0.05) is 134 Å². The highest BCUT2D eigenvalue weighted by molar-refractivity contribution is 5.70. The highest BCUT2D eigenvalue weighted by Gasteiger charge is 2.16. The molecule has 0 heterocycles. The maximum absolute atomic E-state index is 12.0. The average molecular weight is 606 g/mol. The fourth-order valence-corrected chi connectivity index (χ4v) is 4.80. The number of carbonyl (C=O) groups excluding carboxylic acids is 3. The molecule has 246 valence electrons. The van der Waals surface area contributed by atoms with E-state index < -0.39 is 6.10 Å². The fourth-order valence-electron chi connectivity index (χ4n) is 4.80. The van der Waals surface area contributed by atoms with Crippen LogP contribution in [0.4, 0.5) is 4.79 Å². The minimum absolute atomic E-state index is 0.0940. The Morgan fingerprint density at radius 3 is 1.74 bits per heavy atom. The molecule has 0 aliphatic heterocycles. The molecule has 1 amide bonds. The molecular weight excluding hydrogens is 546 g/mol. The quantitative estimate of drug-likeness (QED) is 0.0563. The van der Waals surface area contributed by atoms with Crippen LogP contribution < -0.4 is 5.32 Å². The second kappa shape index (κ2) is 28.2. The lowest BCUT2D eigenvalue weighted by Gasteiger charge is -2.15. The van der Waals surface area contributed by atoms with Gasteiger partial charge in [-0.3, -0.25) is 9.59 Å². The standard InChI is InChI=1S/C35H59NO7/c1-2-3-4-5-6-8-12-15-21-26-34(39)43-32(28-37)30-41-33(38)25-20-14-11-9-7-10-13-16-22-27-36-35(40)42-29-31-23-18-17-19-24-31/h17-19,23-24,32,37H,2-16,20-22,25-30H2,1H3,(H,36,40)/t32-/m0/s1. The predicted molar refractivity (Wildman–Crippen MR) is 171 cm³/mol. The van der Waals surface area contributed by atoms with Crippen LogP contribution >= 0.6 is 0 Å². The molecule has 8 nitrogen and oxygen atoms in total. The van der Waals surface area contributed by atoms with E-state index in [4.69, 9.17) is 14.2 Å². The maximum Gasteiger partial charge on any atom is 0.407 e. The minimum atomic E-state index is -0.792. The number of ether oxygens (including phenoxy) is 3. The number of hydrogen-bond donors (Lipinski definition) is 2. The van der Waals surface area contributed by atoms with Gasteiger partial charge in [0, 0.05) is 19.4 Å². The summed E-state index contributed by atoms with van der Waals surface area (Å²) < 4.78 is 15.7. The smallest absolute Gasteiger partial charge is 0.407 e. The number of amides is 1. The summed E-state index contributed by atoms with van der Waals surface area (Å²) in [6, 6.07) is 9.63. The van der Waals surface area contributed by atoms with Gasteiger partial charge in [-0.25, -0.2) is 4.79 Å². The second-order valence-electron chi connectivity index (χ2n) is 11.5. The third-order valence-electron chi connectivity index (χ3n) is 7.46. The molecular formula is C35H59NO7. The summed E-state index contributed by atoms with van der Waals surface area (Å²) in [7, 11) is 0. The number of esters is 2. The van der Waals surface area contributed by atoms with Crippen molar-refractivity contribution in [2.75, 3.05) is 19.8 Å².